The van der Waals surface area contributed by atoms with E-state index in [2.05, 4.69) is 0 Å². The molecule has 1 aliphatic rings. The minimum absolute atomic E-state index is 0.0860. The zero-order valence-corrected chi connectivity index (χ0v) is 16.4. The first kappa shape index (κ1) is 23.8. The van der Waals surface area contributed by atoms with Crippen molar-refractivity contribution in [3.63, 3.8) is 0 Å². The molecule has 1 fully saturated rings. The van der Waals surface area contributed by atoms with E-state index in [0.29, 0.717) is 45.3 Å². The Labute approximate surface area is 162 Å². The van der Waals surface area contributed by atoms with E-state index in [1.807, 2.05) is 25.2 Å². The fraction of sp³-hybridized carbons (Fsp3) is 0.762. The Hall–Kier alpha value is -1.21. The number of rotatable bonds is 14. The molecule has 0 aromatic rings. The van der Waals surface area contributed by atoms with Gasteiger partial charge in [0.05, 0.1) is 18.3 Å². The predicted octanol–water partition coefficient (Wildman–Crippen LogP) is 2.67. The number of hydrogen-bond acceptors (Lipinski definition) is 5. The Balaban J connectivity index is 2.41. The molecule has 0 aromatic carbocycles. The smallest absolute Gasteiger partial charge is 0.303 e. The average molecular weight is 385 g/mol. The molecule has 1 rings (SSSR count). The van der Waals surface area contributed by atoms with E-state index in [0.717, 1.165) is 12.8 Å². The molecule has 0 aliphatic heterocycles. The van der Waals surface area contributed by atoms with E-state index in [4.69, 9.17) is 9.84 Å². The standard InChI is InChI=1S/C21H36O6/c1-2-27-14-8-7-9-16(22)12-13-18-17(19(23)15-20(18)24)10-5-3-4-6-11-21(25)26/h3,5,12-13,16-20,22-24H,2,4,6-11,14-15H2,1H3,(H,25,26)/b5-3-,13-12+/t16-,17+,18+,19-,20+/m0/s1. The lowest BCUT2D eigenvalue weighted by atomic mass is 9.89. The van der Waals surface area contributed by atoms with E-state index in [-0.39, 0.29) is 18.3 Å². The summed E-state index contributed by atoms with van der Waals surface area (Å²) >= 11 is 0. The lowest BCUT2D eigenvalue weighted by Gasteiger charge is -2.19. The van der Waals surface area contributed by atoms with Gasteiger partial charge in [-0.05, 0) is 51.4 Å². The molecule has 6 nitrogen and oxygen atoms in total. The van der Waals surface area contributed by atoms with Crippen LogP contribution in [-0.2, 0) is 9.53 Å². The normalized spacial score (nSPS) is 27.0. The molecule has 6 heteroatoms. The number of aliphatic hydroxyl groups excluding tert-OH is 3. The SMILES string of the molecule is CCOCCCC[C@H](O)/C=C/[C@@H]1[C@@H](C/C=C\CCCC(=O)O)[C@@H](O)C[C@H]1O. The number of allylic oxidation sites excluding steroid dienone is 2. The minimum atomic E-state index is -0.792. The summed E-state index contributed by atoms with van der Waals surface area (Å²) in [5.41, 5.74) is 0. The van der Waals surface area contributed by atoms with E-state index >= 15 is 0 Å². The van der Waals surface area contributed by atoms with Crippen molar-refractivity contribution in [2.75, 3.05) is 13.2 Å². The van der Waals surface area contributed by atoms with E-state index in [1.165, 1.54) is 0 Å². The van der Waals surface area contributed by atoms with E-state index < -0.39 is 24.3 Å². The summed E-state index contributed by atoms with van der Waals surface area (Å²) in [4.78, 5) is 10.5. The molecule has 0 saturated heterocycles. The monoisotopic (exact) mass is 384 g/mol. The molecular formula is C21H36O6. The Morgan fingerprint density at radius 2 is 1.96 bits per heavy atom. The van der Waals surface area contributed by atoms with Gasteiger partial charge in [0.1, 0.15) is 0 Å². The van der Waals surface area contributed by atoms with Gasteiger partial charge in [0, 0.05) is 32.0 Å². The second kappa shape index (κ2) is 13.9. The molecule has 5 atom stereocenters. The third kappa shape index (κ3) is 10.1. The summed E-state index contributed by atoms with van der Waals surface area (Å²) in [7, 11) is 0. The highest BCUT2D eigenvalue weighted by Gasteiger charge is 2.39. The summed E-state index contributed by atoms with van der Waals surface area (Å²) in [6.07, 6.45) is 10.6. The lowest BCUT2D eigenvalue weighted by molar-refractivity contribution is -0.137. The number of carboxylic acids is 1. The fourth-order valence-electron chi connectivity index (χ4n) is 3.50. The molecule has 0 aromatic heterocycles. The van der Waals surface area contributed by atoms with Crippen LogP contribution < -0.4 is 0 Å². The quantitative estimate of drug-likeness (QED) is 0.271. The van der Waals surface area contributed by atoms with Crippen molar-refractivity contribution < 1.29 is 30.0 Å². The van der Waals surface area contributed by atoms with E-state index in [9.17, 15) is 20.1 Å². The minimum Gasteiger partial charge on any atom is -0.481 e. The van der Waals surface area contributed by atoms with Gasteiger partial charge in [0.25, 0.3) is 0 Å². The first-order valence-corrected chi connectivity index (χ1v) is 10.1. The molecule has 0 radical (unpaired) electrons. The summed E-state index contributed by atoms with van der Waals surface area (Å²) < 4.78 is 5.27. The van der Waals surface area contributed by atoms with Crippen LogP contribution in [0.25, 0.3) is 0 Å². The van der Waals surface area contributed by atoms with Crippen LogP contribution in [0, 0.1) is 11.8 Å². The molecule has 156 valence electrons. The van der Waals surface area contributed by atoms with Gasteiger partial charge >= 0.3 is 5.97 Å². The van der Waals surface area contributed by atoms with Crippen LogP contribution >= 0.6 is 0 Å². The van der Waals surface area contributed by atoms with Crippen molar-refractivity contribution in [1.82, 2.24) is 0 Å². The number of unbranched alkanes of at least 4 members (excludes halogenated alkanes) is 2. The first-order chi connectivity index (χ1) is 13.0. The van der Waals surface area contributed by atoms with Gasteiger partial charge in [-0.2, -0.15) is 0 Å². The number of ether oxygens (including phenoxy) is 1. The molecular weight excluding hydrogens is 348 g/mol. The van der Waals surface area contributed by atoms with Gasteiger partial charge in [-0.3, -0.25) is 4.79 Å². The number of aliphatic hydroxyl groups is 3. The number of hydrogen-bond donors (Lipinski definition) is 4. The zero-order chi connectivity index (χ0) is 20.1. The van der Waals surface area contributed by atoms with Gasteiger partial charge in [-0.15, -0.1) is 0 Å². The molecule has 1 aliphatic carbocycles. The molecule has 0 spiro atoms. The summed E-state index contributed by atoms with van der Waals surface area (Å²) in [6, 6.07) is 0. The van der Waals surface area contributed by atoms with Crippen molar-refractivity contribution in [3.8, 4) is 0 Å². The lowest BCUT2D eigenvalue weighted by Crippen LogP contribution is -2.20. The third-order valence-electron chi connectivity index (χ3n) is 5.05. The largest absolute Gasteiger partial charge is 0.481 e. The van der Waals surface area contributed by atoms with Crippen molar-refractivity contribution in [2.45, 2.75) is 76.6 Å². The highest BCUT2D eigenvalue weighted by molar-refractivity contribution is 5.66. The van der Waals surface area contributed by atoms with Crippen molar-refractivity contribution in [3.05, 3.63) is 24.3 Å². The van der Waals surface area contributed by atoms with Gasteiger partial charge in [0.15, 0.2) is 0 Å². The Kier molecular flexibility index (Phi) is 12.3. The van der Waals surface area contributed by atoms with Crippen molar-refractivity contribution in [1.29, 1.82) is 0 Å². The second-order valence-corrected chi connectivity index (χ2v) is 7.25. The second-order valence-electron chi connectivity index (χ2n) is 7.25. The Morgan fingerprint density at radius 1 is 1.19 bits per heavy atom. The van der Waals surface area contributed by atoms with E-state index in [1.54, 1.807) is 6.08 Å². The van der Waals surface area contributed by atoms with Crippen LogP contribution in [0.15, 0.2) is 24.3 Å². The third-order valence-corrected chi connectivity index (χ3v) is 5.05. The molecule has 27 heavy (non-hydrogen) atoms. The Morgan fingerprint density at radius 3 is 2.67 bits per heavy atom. The number of carboxylic acid groups (broad SMARTS) is 1. The summed E-state index contributed by atoms with van der Waals surface area (Å²) in [5, 5.41) is 39.1. The number of carbonyl (C=O) groups is 1. The molecule has 0 amide bonds. The molecule has 4 N–H and O–H groups in total. The first-order valence-electron chi connectivity index (χ1n) is 10.1. The average Bonchev–Trinajstić information content (AvgIpc) is 2.88. The van der Waals surface area contributed by atoms with Gasteiger partial charge in [-0.25, -0.2) is 0 Å². The van der Waals surface area contributed by atoms with Crippen molar-refractivity contribution >= 4 is 5.97 Å². The molecule has 0 unspecified atom stereocenters. The maximum atomic E-state index is 10.5. The van der Waals surface area contributed by atoms with Crippen LogP contribution in [0.3, 0.4) is 0 Å². The summed E-state index contributed by atoms with van der Waals surface area (Å²) in [5.74, 6) is -1.06. The predicted molar refractivity (Wildman–Crippen MR) is 104 cm³/mol. The summed E-state index contributed by atoms with van der Waals surface area (Å²) in [6.45, 7) is 3.38. The Bertz CT molecular complexity index is 462. The van der Waals surface area contributed by atoms with Gasteiger partial charge in [-0.1, -0.05) is 24.3 Å². The maximum absolute atomic E-state index is 10.5. The highest BCUT2D eigenvalue weighted by Crippen LogP contribution is 2.36. The van der Waals surface area contributed by atoms with Crippen LogP contribution in [0.4, 0.5) is 0 Å². The van der Waals surface area contributed by atoms with Gasteiger partial charge in [0.2, 0.25) is 0 Å². The van der Waals surface area contributed by atoms with Crippen LogP contribution in [0.5, 0.6) is 0 Å². The molecule has 0 heterocycles. The van der Waals surface area contributed by atoms with Crippen LogP contribution in [0.2, 0.25) is 0 Å². The fourth-order valence-corrected chi connectivity index (χ4v) is 3.50. The number of aliphatic carboxylic acids is 1. The topological polar surface area (TPSA) is 107 Å². The van der Waals surface area contributed by atoms with Crippen LogP contribution in [0.1, 0.15) is 58.3 Å². The van der Waals surface area contributed by atoms with Gasteiger partial charge < -0.3 is 25.2 Å². The molecule has 0 bridgehead atoms. The highest BCUT2D eigenvalue weighted by atomic mass is 16.5. The maximum Gasteiger partial charge on any atom is 0.303 e. The van der Waals surface area contributed by atoms with Crippen molar-refractivity contribution in [2.24, 2.45) is 11.8 Å². The van der Waals surface area contributed by atoms with Crippen LogP contribution in [-0.4, -0.2) is 57.9 Å². The molecule has 1 saturated carbocycles. The zero-order valence-electron chi connectivity index (χ0n) is 16.4.